The maximum Gasteiger partial charge on any atom is 0.100 e. The van der Waals surface area contributed by atoms with Crippen LogP contribution in [0.2, 0.25) is 0 Å². The second-order valence-electron chi connectivity index (χ2n) is 13.0. The van der Waals surface area contributed by atoms with Gasteiger partial charge in [0.05, 0.1) is 45.6 Å². The van der Waals surface area contributed by atoms with Gasteiger partial charge in [-0.25, -0.2) is 0 Å². The first-order chi connectivity index (χ1) is 25.6. The van der Waals surface area contributed by atoms with Crippen molar-refractivity contribution < 1.29 is 0 Å². The highest BCUT2D eigenvalue weighted by molar-refractivity contribution is 6.10. The Bertz CT molecular complexity index is 2810. The number of nitriles is 3. The Labute approximate surface area is 302 Å². The Balaban J connectivity index is 1.38. The molecule has 1 atom stereocenters. The quantitative estimate of drug-likeness (QED) is 0.101. The summed E-state index contributed by atoms with van der Waals surface area (Å²) < 4.78 is 4.50. The van der Waals surface area contributed by atoms with Crippen LogP contribution in [0.4, 0.5) is 0 Å². The summed E-state index contributed by atoms with van der Waals surface area (Å²) in [5, 5.41) is 34.2. The van der Waals surface area contributed by atoms with Gasteiger partial charge in [0, 0.05) is 51.1 Å². The molecule has 0 spiro atoms. The molecule has 2 heterocycles. The van der Waals surface area contributed by atoms with Gasteiger partial charge in [0.15, 0.2) is 0 Å². The van der Waals surface area contributed by atoms with Crippen molar-refractivity contribution in [1.29, 1.82) is 15.8 Å². The van der Waals surface area contributed by atoms with E-state index in [1.54, 1.807) is 6.07 Å². The zero-order chi connectivity index (χ0) is 35.8. The molecule has 244 valence electrons. The third kappa shape index (κ3) is 5.18. The standard InChI is InChI=1S/C47H31N5/c1-3-11-33(29-49)35(24-25-51-42-22-20-31(2)26-40(42)41-27-32(28-48)21-23-43(41)51)47-34(30-50)12-10-16-39(47)38-15-6-9-19-46(38)52-44-17-7-4-13-36(44)37-14-5-8-18-45(37)52/h1,4-24,27,31H,25-26H2,2H3/b33-11-,35-24+. The number of hydrogen-bond acceptors (Lipinski definition) is 3. The number of fused-ring (bicyclic) bond motifs is 6. The Morgan fingerprint density at radius 1 is 0.788 bits per heavy atom. The third-order valence-corrected chi connectivity index (χ3v) is 10.0. The van der Waals surface area contributed by atoms with Crippen LogP contribution in [0.5, 0.6) is 0 Å². The fourth-order valence-electron chi connectivity index (χ4n) is 7.78. The molecule has 0 bridgehead atoms. The van der Waals surface area contributed by atoms with E-state index in [4.69, 9.17) is 6.42 Å². The van der Waals surface area contributed by atoms with Crippen LogP contribution in [0.1, 0.15) is 34.9 Å². The van der Waals surface area contributed by atoms with Gasteiger partial charge in [0.2, 0.25) is 0 Å². The smallest absolute Gasteiger partial charge is 0.100 e. The molecule has 7 aromatic rings. The monoisotopic (exact) mass is 665 g/mol. The number of nitrogens with zero attached hydrogens (tertiary/aromatic N) is 5. The van der Waals surface area contributed by atoms with Gasteiger partial charge in [0.1, 0.15) is 6.07 Å². The summed E-state index contributed by atoms with van der Waals surface area (Å²) >= 11 is 0. The molecule has 1 aliphatic rings. The maximum absolute atomic E-state index is 10.6. The molecule has 0 radical (unpaired) electrons. The predicted octanol–water partition coefficient (Wildman–Crippen LogP) is 10.5. The molecule has 5 aromatic carbocycles. The van der Waals surface area contributed by atoms with Crippen molar-refractivity contribution in [2.24, 2.45) is 5.92 Å². The van der Waals surface area contributed by atoms with Gasteiger partial charge < -0.3 is 9.13 Å². The van der Waals surface area contributed by atoms with Crippen LogP contribution >= 0.6 is 0 Å². The van der Waals surface area contributed by atoms with E-state index in [0.29, 0.717) is 40.3 Å². The lowest BCUT2D eigenvalue weighted by molar-refractivity contribution is 0.710. The van der Waals surface area contributed by atoms with Crippen LogP contribution in [0.25, 0.3) is 61.2 Å². The Morgan fingerprint density at radius 3 is 2.21 bits per heavy atom. The molecule has 8 rings (SSSR count). The molecule has 0 saturated heterocycles. The summed E-state index contributed by atoms with van der Waals surface area (Å²) in [6.45, 7) is 2.60. The largest absolute Gasteiger partial charge is 0.337 e. The summed E-state index contributed by atoms with van der Waals surface area (Å²) in [7, 11) is 0. The fourth-order valence-corrected chi connectivity index (χ4v) is 7.78. The lowest BCUT2D eigenvalue weighted by Crippen LogP contribution is -2.07. The number of aromatic nitrogens is 2. The molecule has 52 heavy (non-hydrogen) atoms. The second-order valence-corrected chi connectivity index (χ2v) is 13.0. The molecular formula is C47H31N5. The van der Waals surface area contributed by atoms with Gasteiger partial charge in [-0.2, -0.15) is 15.8 Å². The van der Waals surface area contributed by atoms with Gasteiger partial charge >= 0.3 is 0 Å². The summed E-state index contributed by atoms with van der Waals surface area (Å²) in [6, 6.07) is 43.5. The molecular weight excluding hydrogens is 635 g/mol. The lowest BCUT2D eigenvalue weighted by Gasteiger charge is -2.19. The van der Waals surface area contributed by atoms with Crippen LogP contribution in [0, 0.1) is 52.3 Å². The fraction of sp³-hybridized carbons (Fsp3) is 0.0851. The number of allylic oxidation sites excluding steroid dienone is 5. The van der Waals surface area contributed by atoms with Crippen molar-refractivity contribution >= 4 is 44.4 Å². The van der Waals surface area contributed by atoms with E-state index in [1.165, 1.54) is 11.6 Å². The highest BCUT2D eigenvalue weighted by Gasteiger charge is 2.24. The van der Waals surface area contributed by atoms with E-state index in [2.05, 4.69) is 101 Å². The summed E-state index contributed by atoms with van der Waals surface area (Å²) in [5.41, 5.74) is 10.7. The maximum atomic E-state index is 10.6. The normalized spacial score (nSPS) is 14.1. The molecule has 0 fully saturated rings. The van der Waals surface area contributed by atoms with Gasteiger partial charge in [0.25, 0.3) is 0 Å². The predicted molar refractivity (Wildman–Crippen MR) is 210 cm³/mol. The topological polar surface area (TPSA) is 81.2 Å². The Morgan fingerprint density at radius 2 is 1.50 bits per heavy atom. The molecule has 2 aromatic heterocycles. The van der Waals surface area contributed by atoms with Crippen molar-refractivity contribution in [3.8, 4) is 47.4 Å². The van der Waals surface area contributed by atoms with Crippen molar-refractivity contribution in [1.82, 2.24) is 9.13 Å². The molecule has 0 N–H and O–H groups in total. The van der Waals surface area contributed by atoms with Gasteiger partial charge in [-0.15, -0.1) is 6.42 Å². The average molecular weight is 666 g/mol. The molecule has 0 saturated carbocycles. The first kappa shape index (κ1) is 31.9. The molecule has 1 aliphatic carbocycles. The van der Waals surface area contributed by atoms with Crippen LogP contribution in [0.3, 0.4) is 0 Å². The van der Waals surface area contributed by atoms with Crippen LogP contribution in [-0.4, -0.2) is 9.13 Å². The molecule has 0 aliphatic heterocycles. The average Bonchev–Trinajstić information content (AvgIpc) is 3.69. The highest BCUT2D eigenvalue weighted by Crippen LogP contribution is 2.41. The van der Waals surface area contributed by atoms with E-state index in [0.717, 1.165) is 61.6 Å². The van der Waals surface area contributed by atoms with Gasteiger partial charge in [-0.05, 0) is 77.6 Å². The van der Waals surface area contributed by atoms with Crippen LogP contribution in [0.15, 0.2) is 133 Å². The van der Waals surface area contributed by atoms with E-state index >= 15 is 0 Å². The van der Waals surface area contributed by atoms with Crippen molar-refractivity contribution in [2.45, 2.75) is 19.9 Å². The lowest BCUT2D eigenvalue weighted by atomic mass is 9.86. The van der Waals surface area contributed by atoms with Crippen molar-refractivity contribution in [2.75, 3.05) is 0 Å². The van der Waals surface area contributed by atoms with E-state index in [-0.39, 0.29) is 0 Å². The zero-order valence-electron chi connectivity index (χ0n) is 28.5. The summed E-state index contributed by atoms with van der Waals surface area (Å²) in [6.07, 6.45) is 14.5. The third-order valence-electron chi connectivity index (χ3n) is 10.0. The molecule has 5 nitrogen and oxygen atoms in total. The number of rotatable bonds is 6. The minimum Gasteiger partial charge on any atom is -0.337 e. The van der Waals surface area contributed by atoms with E-state index < -0.39 is 0 Å². The van der Waals surface area contributed by atoms with Crippen molar-refractivity contribution in [3.05, 3.63) is 161 Å². The van der Waals surface area contributed by atoms with Crippen LogP contribution in [-0.2, 0) is 13.0 Å². The van der Waals surface area contributed by atoms with Gasteiger partial charge in [-0.3, -0.25) is 0 Å². The Kier molecular flexibility index (Phi) is 8.10. The van der Waals surface area contributed by atoms with E-state index in [1.807, 2.05) is 60.7 Å². The highest BCUT2D eigenvalue weighted by atomic mass is 15.0. The number of terminal acetylenes is 1. The van der Waals surface area contributed by atoms with Crippen molar-refractivity contribution in [3.63, 3.8) is 0 Å². The second kappa shape index (κ2) is 13.2. The molecule has 0 amide bonds. The first-order valence-corrected chi connectivity index (χ1v) is 17.2. The van der Waals surface area contributed by atoms with E-state index in [9.17, 15) is 15.8 Å². The van der Waals surface area contributed by atoms with Gasteiger partial charge in [-0.1, -0.05) is 91.7 Å². The van der Waals surface area contributed by atoms with Crippen LogP contribution < -0.4 is 0 Å². The minimum absolute atomic E-state index is 0.294. The SMILES string of the molecule is C#C/C=C(C#N)\C(=C/Cn1c2c(c3cc(C#N)ccc31)CC(C)C=C2)c1c(C#N)cccc1-c1ccccc1-n1c2ccccc2c2ccccc21. The molecule has 5 heteroatoms. The number of hydrogen-bond donors (Lipinski definition) is 0. The zero-order valence-corrected chi connectivity index (χ0v) is 28.5. The first-order valence-electron chi connectivity index (χ1n) is 17.2. The number of para-hydroxylation sites is 3. The molecule has 1 unspecified atom stereocenters. The summed E-state index contributed by atoms with van der Waals surface area (Å²) in [4.78, 5) is 0. The minimum atomic E-state index is 0.294. The summed E-state index contributed by atoms with van der Waals surface area (Å²) in [5.74, 6) is 2.94. The number of benzene rings is 5. The Hall–Kier alpha value is -7.31.